The second kappa shape index (κ2) is 11.0. The summed E-state index contributed by atoms with van der Waals surface area (Å²) in [6, 6.07) is 20.5. The summed E-state index contributed by atoms with van der Waals surface area (Å²) in [6.07, 6.45) is 0.268. The molecule has 0 heterocycles. The summed E-state index contributed by atoms with van der Waals surface area (Å²) in [5, 5.41) is 13.0. The fourth-order valence-electron chi connectivity index (χ4n) is 3.15. The number of nitrogens with one attached hydrogen (secondary N) is 1. The number of hydrogen-bond acceptors (Lipinski definition) is 6. The van der Waals surface area contributed by atoms with Gasteiger partial charge in [0.15, 0.2) is 0 Å². The molecule has 7 heteroatoms. The number of amides is 1. The number of carbonyl (C=O) groups is 2. The van der Waals surface area contributed by atoms with Crippen LogP contribution in [-0.2, 0) is 29.1 Å². The molecule has 0 aliphatic rings. The van der Waals surface area contributed by atoms with Gasteiger partial charge in [0.05, 0.1) is 12.7 Å². The summed E-state index contributed by atoms with van der Waals surface area (Å²) in [7, 11) is 1.26. The fourth-order valence-corrected chi connectivity index (χ4v) is 3.15. The number of aromatic hydroxyl groups is 1. The Kier molecular flexibility index (Phi) is 7.83. The summed E-state index contributed by atoms with van der Waals surface area (Å²) < 4.78 is 10.5. The van der Waals surface area contributed by atoms with E-state index < -0.39 is 17.9 Å². The minimum atomic E-state index is -0.887. The third kappa shape index (κ3) is 6.09. The lowest BCUT2D eigenvalue weighted by Gasteiger charge is -2.17. The molecule has 0 fully saturated rings. The molecule has 32 heavy (non-hydrogen) atoms. The molecule has 3 rings (SSSR count). The number of esters is 1. The predicted molar refractivity (Wildman–Crippen MR) is 120 cm³/mol. The Bertz CT molecular complexity index is 1050. The smallest absolute Gasteiger partial charge is 0.328 e. The molecule has 0 aliphatic heterocycles. The van der Waals surface area contributed by atoms with Crippen LogP contribution in [-0.4, -0.2) is 30.1 Å². The van der Waals surface area contributed by atoms with Gasteiger partial charge < -0.3 is 25.6 Å². The lowest BCUT2D eigenvalue weighted by atomic mass is 10.1. The van der Waals surface area contributed by atoms with E-state index in [-0.39, 0.29) is 17.7 Å². The van der Waals surface area contributed by atoms with E-state index in [0.29, 0.717) is 18.9 Å². The standard InChI is InChI=1S/C25H26N2O5/c1-31-25(30)22(13-17-5-3-2-4-6-17)27-24(29)21-12-11-20(14-23(21)28)32-16-19-9-7-18(15-26)8-10-19/h2-12,14,22,28H,13,15-16,26H2,1H3,(H,27,29)/t22-/m0/s1. The lowest BCUT2D eigenvalue weighted by Crippen LogP contribution is -2.43. The van der Waals surface area contributed by atoms with Gasteiger partial charge in [-0.05, 0) is 28.8 Å². The van der Waals surface area contributed by atoms with Crippen LogP contribution < -0.4 is 15.8 Å². The van der Waals surface area contributed by atoms with Crippen LogP contribution in [0.15, 0.2) is 72.8 Å². The molecule has 0 saturated carbocycles. The highest BCUT2D eigenvalue weighted by atomic mass is 16.5. The highest BCUT2D eigenvalue weighted by Crippen LogP contribution is 2.24. The molecule has 4 N–H and O–H groups in total. The molecule has 0 saturated heterocycles. The third-order valence-electron chi connectivity index (χ3n) is 4.95. The van der Waals surface area contributed by atoms with Gasteiger partial charge in [0.2, 0.25) is 0 Å². The maximum Gasteiger partial charge on any atom is 0.328 e. The zero-order valence-corrected chi connectivity index (χ0v) is 17.8. The van der Waals surface area contributed by atoms with Crippen molar-refractivity contribution in [3.63, 3.8) is 0 Å². The van der Waals surface area contributed by atoms with Gasteiger partial charge in [-0.2, -0.15) is 0 Å². The zero-order chi connectivity index (χ0) is 22.9. The van der Waals surface area contributed by atoms with Gasteiger partial charge >= 0.3 is 5.97 Å². The Hall–Kier alpha value is -3.84. The Labute approximate surface area is 186 Å². The van der Waals surface area contributed by atoms with Crippen molar-refractivity contribution >= 4 is 11.9 Å². The number of phenolic OH excluding ortho intramolecular Hbond substituents is 1. The molecular formula is C25H26N2O5. The second-order valence-corrected chi connectivity index (χ2v) is 7.23. The normalized spacial score (nSPS) is 11.4. The first-order valence-electron chi connectivity index (χ1n) is 10.2. The van der Waals surface area contributed by atoms with Crippen molar-refractivity contribution in [2.75, 3.05) is 7.11 Å². The third-order valence-corrected chi connectivity index (χ3v) is 4.95. The fraction of sp³-hybridized carbons (Fsp3) is 0.200. The largest absolute Gasteiger partial charge is 0.507 e. The number of phenols is 1. The van der Waals surface area contributed by atoms with Crippen LogP contribution in [0, 0.1) is 0 Å². The van der Waals surface area contributed by atoms with Crippen molar-refractivity contribution in [3.05, 3.63) is 95.1 Å². The SMILES string of the molecule is COC(=O)[C@H](Cc1ccccc1)NC(=O)c1ccc(OCc2ccc(CN)cc2)cc1O. The topological polar surface area (TPSA) is 111 Å². The number of ether oxygens (including phenoxy) is 2. The van der Waals surface area contributed by atoms with E-state index in [1.54, 1.807) is 6.07 Å². The molecule has 3 aromatic rings. The maximum atomic E-state index is 12.7. The first kappa shape index (κ1) is 22.8. The summed E-state index contributed by atoms with van der Waals surface area (Å²) in [4.78, 5) is 24.9. The van der Waals surface area contributed by atoms with E-state index in [9.17, 15) is 14.7 Å². The molecule has 0 aliphatic carbocycles. The van der Waals surface area contributed by atoms with Crippen LogP contribution in [0.2, 0.25) is 0 Å². The molecule has 7 nitrogen and oxygen atoms in total. The van der Waals surface area contributed by atoms with Crippen LogP contribution in [0.25, 0.3) is 0 Å². The molecule has 1 atom stereocenters. The molecule has 166 valence electrons. The molecule has 0 unspecified atom stereocenters. The van der Waals surface area contributed by atoms with Crippen LogP contribution in [0.4, 0.5) is 0 Å². The van der Waals surface area contributed by atoms with E-state index in [2.05, 4.69) is 5.32 Å². The Balaban J connectivity index is 1.65. The number of carbonyl (C=O) groups excluding carboxylic acids is 2. The first-order valence-corrected chi connectivity index (χ1v) is 10.2. The quantitative estimate of drug-likeness (QED) is 0.447. The van der Waals surface area contributed by atoms with Crippen molar-refractivity contribution in [2.24, 2.45) is 5.73 Å². The van der Waals surface area contributed by atoms with Crippen molar-refractivity contribution in [1.82, 2.24) is 5.32 Å². The summed E-state index contributed by atoms with van der Waals surface area (Å²) in [5.41, 5.74) is 8.48. The molecule has 0 radical (unpaired) electrons. The van der Waals surface area contributed by atoms with Gasteiger partial charge in [-0.3, -0.25) is 4.79 Å². The van der Waals surface area contributed by atoms with Crippen molar-refractivity contribution < 1.29 is 24.2 Å². The van der Waals surface area contributed by atoms with Crippen LogP contribution in [0.1, 0.15) is 27.0 Å². The first-order chi connectivity index (χ1) is 15.5. The van der Waals surface area contributed by atoms with Crippen molar-refractivity contribution in [3.8, 4) is 11.5 Å². The van der Waals surface area contributed by atoms with Gasteiger partial charge in [-0.1, -0.05) is 54.6 Å². The minimum Gasteiger partial charge on any atom is -0.507 e. The van der Waals surface area contributed by atoms with Gasteiger partial charge in [-0.15, -0.1) is 0 Å². The van der Waals surface area contributed by atoms with E-state index in [1.807, 2.05) is 54.6 Å². The van der Waals surface area contributed by atoms with Crippen LogP contribution >= 0.6 is 0 Å². The van der Waals surface area contributed by atoms with E-state index in [0.717, 1.165) is 16.7 Å². The lowest BCUT2D eigenvalue weighted by molar-refractivity contribution is -0.142. The number of hydrogen-bond donors (Lipinski definition) is 3. The van der Waals surface area contributed by atoms with E-state index >= 15 is 0 Å². The van der Waals surface area contributed by atoms with E-state index in [1.165, 1.54) is 19.2 Å². The molecule has 0 spiro atoms. The number of methoxy groups -OCH3 is 1. The molecular weight excluding hydrogens is 408 g/mol. The second-order valence-electron chi connectivity index (χ2n) is 7.23. The van der Waals surface area contributed by atoms with Crippen molar-refractivity contribution in [1.29, 1.82) is 0 Å². The van der Waals surface area contributed by atoms with E-state index in [4.69, 9.17) is 15.2 Å². The average molecular weight is 434 g/mol. The number of rotatable bonds is 9. The summed E-state index contributed by atoms with van der Waals surface area (Å²) in [6.45, 7) is 0.776. The Morgan fingerprint density at radius 3 is 2.28 bits per heavy atom. The Morgan fingerprint density at radius 2 is 1.66 bits per heavy atom. The minimum absolute atomic E-state index is 0.0339. The van der Waals surface area contributed by atoms with Gasteiger partial charge in [0.25, 0.3) is 5.91 Å². The summed E-state index contributed by atoms with van der Waals surface area (Å²) in [5.74, 6) is -0.988. The molecule has 0 bridgehead atoms. The van der Waals surface area contributed by atoms with Gasteiger partial charge in [0.1, 0.15) is 24.1 Å². The Morgan fingerprint density at radius 1 is 0.969 bits per heavy atom. The number of nitrogens with two attached hydrogens (primary N) is 1. The average Bonchev–Trinajstić information content (AvgIpc) is 2.82. The van der Waals surface area contributed by atoms with Gasteiger partial charge in [0, 0.05) is 19.0 Å². The van der Waals surface area contributed by atoms with Crippen molar-refractivity contribution in [2.45, 2.75) is 25.6 Å². The molecule has 0 aromatic heterocycles. The van der Waals surface area contributed by atoms with Crippen LogP contribution in [0.5, 0.6) is 11.5 Å². The monoisotopic (exact) mass is 434 g/mol. The van der Waals surface area contributed by atoms with Crippen LogP contribution in [0.3, 0.4) is 0 Å². The highest BCUT2D eigenvalue weighted by Gasteiger charge is 2.24. The maximum absolute atomic E-state index is 12.7. The van der Waals surface area contributed by atoms with Gasteiger partial charge in [-0.25, -0.2) is 4.79 Å². The number of benzene rings is 3. The predicted octanol–water partition coefficient (Wildman–Crippen LogP) is 2.94. The molecule has 1 amide bonds. The zero-order valence-electron chi connectivity index (χ0n) is 17.8. The molecule has 3 aromatic carbocycles. The summed E-state index contributed by atoms with van der Waals surface area (Å²) >= 11 is 0. The highest BCUT2D eigenvalue weighted by molar-refractivity contribution is 5.99.